The zero-order chi connectivity index (χ0) is 15.6. The van der Waals surface area contributed by atoms with E-state index in [1.165, 1.54) is 13.8 Å². The third kappa shape index (κ3) is 3.65. The summed E-state index contributed by atoms with van der Waals surface area (Å²) in [5, 5.41) is 9.07. The molecular formula is C16H21FO4. The highest BCUT2D eigenvalue weighted by Crippen LogP contribution is 2.39. The number of rotatable bonds is 4. The molecule has 5 heteroatoms. The summed E-state index contributed by atoms with van der Waals surface area (Å²) in [7, 11) is 0. The van der Waals surface area contributed by atoms with Crippen LogP contribution >= 0.6 is 0 Å². The van der Waals surface area contributed by atoms with Gasteiger partial charge in [0.2, 0.25) is 0 Å². The van der Waals surface area contributed by atoms with E-state index < -0.39 is 17.6 Å². The van der Waals surface area contributed by atoms with Crippen LogP contribution in [-0.2, 0) is 16.9 Å². The minimum atomic E-state index is -1.57. The van der Waals surface area contributed by atoms with Crippen LogP contribution in [0.4, 0.5) is 4.39 Å². The summed E-state index contributed by atoms with van der Waals surface area (Å²) < 4.78 is 25.6. The van der Waals surface area contributed by atoms with Crippen molar-refractivity contribution in [1.82, 2.24) is 0 Å². The third-order valence-corrected chi connectivity index (χ3v) is 3.56. The molecule has 0 bridgehead atoms. The predicted octanol–water partition coefficient (Wildman–Crippen LogP) is 3.32. The summed E-state index contributed by atoms with van der Waals surface area (Å²) in [6.45, 7) is 5.60. The SMILES string of the molecule is CC(Cc1cc2c(cc1C(C)(C)F)OCCCO2)C(=O)O. The summed E-state index contributed by atoms with van der Waals surface area (Å²) >= 11 is 0. The zero-order valence-corrected chi connectivity index (χ0v) is 12.6. The molecule has 1 unspecified atom stereocenters. The van der Waals surface area contributed by atoms with Crippen LogP contribution in [0.2, 0.25) is 0 Å². The normalized spacial score (nSPS) is 16.2. The number of halogens is 1. The van der Waals surface area contributed by atoms with E-state index in [0.717, 1.165) is 6.42 Å². The third-order valence-electron chi connectivity index (χ3n) is 3.56. The lowest BCUT2D eigenvalue weighted by Gasteiger charge is -2.22. The molecule has 0 spiro atoms. The second-order valence-corrected chi connectivity index (χ2v) is 5.92. The molecule has 2 rings (SSSR count). The minimum absolute atomic E-state index is 0.259. The van der Waals surface area contributed by atoms with E-state index in [0.29, 0.717) is 35.8 Å². The van der Waals surface area contributed by atoms with Crippen molar-refractivity contribution >= 4 is 5.97 Å². The summed E-state index contributed by atoms with van der Waals surface area (Å²) in [6, 6.07) is 3.36. The maximum atomic E-state index is 14.5. The molecule has 1 aliphatic heterocycles. The first-order valence-electron chi connectivity index (χ1n) is 7.13. The van der Waals surface area contributed by atoms with Gasteiger partial charge in [0.05, 0.1) is 19.1 Å². The summed E-state index contributed by atoms with van der Waals surface area (Å²) in [5.41, 5.74) is -0.459. The number of aliphatic carboxylic acids is 1. The molecule has 1 atom stereocenters. The Balaban J connectivity index is 2.45. The molecule has 0 aliphatic carbocycles. The first-order chi connectivity index (χ1) is 9.79. The van der Waals surface area contributed by atoms with Crippen LogP contribution in [0.1, 0.15) is 38.3 Å². The van der Waals surface area contributed by atoms with Gasteiger partial charge in [0.15, 0.2) is 11.5 Å². The van der Waals surface area contributed by atoms with Gasteiger partial charge in [-0.05, 0) is 43.5 Å². The molecule has 0 fully saturated rings. The lowest BCUT2D eigenvalue weighted by molar-refractivity contribution is -0.141. The number of hydrogen-bond acceptors (Lipinski definition) is 3. The molecular weight excluding hydrogens is 275 g/mol. The average molecular weight is 296 g/mol. The van der Waals surface area contributed by atoms with Crippen LogP contribution in [0.3, 0.4) is 0 Å². The molecule has 1 heterocycles. The van der Waals surface area contributed by atoms with Crippen LogP contribution in [0.5, 0.6) is 11.5 Å². The van der Waals surface area contributed by atoms with Gasteiger partial charge < -0.3 is 14.6 Å². The molecule has 0 saturated heterocycles. The van der Waals surface area contributed by atoms with Gasteiger partial charge in [-0.25, -0.2) is 4.39 Å². The maximum Gasteiger partial charge on any atom is 0.306 e. The lowest BCUT2D eigenvalue weighted by Crippen LogP contribution is -2.18. The number of alkyl halides is 1. The molecule has 1 aromatic rings. The molecule has 1 aromatic carbocycles. The zero-order valence-electron chi connectivity index (χ0n) is 12.6. The predicted molar refractivity (Wildman–Crippen MR) is 76.7 cm³/mol. The highest BCUT2D eigenvalue weighted by Gasteiger charge is 2.27. The topological polar surface area (TPSA) is 55.8 Å². The van der Waals surface area contributed by atoms with Crippen molar-refractivity contribution in [2.75, 3.05) is 13.2 Å². The van der Waals surface area contributed by atoms with Crippen molar-refractivity contribution in [3.05, 3.63) is 23.3 Å². The van der Waals surface area contributed by atoms with E-state index in [4.69, 9.17) is 14.6 Å². The number of carbonyl (C=O) groups is 1. The highest BCUT2D eigenvalue weighted by atomic mass is 19.1. The van der Waals surface area contributed by atoms with E-state index in [-0.39, 0.29) is 6.42 Å². The average Bonchev–Trinajstić information content (AvgIpc) is 2.61. The molecule has 1 N–H and O–H groups in total. The maximum absolute atomic E-state index is 14.5. The Bertz CT molecular complexity index is 534. The molecule has 0 aromatic heterocycles. The van der Waals surface area contributed by atoms with Crippen molar-refractivity contribution in [1.29, 1.82) is 0 Å². The van der Waals surface area contributed by atoms with Crippen LogP contribution in [0.15, 0.2) is 12.1 Å². The van der Waals surface area contributed by atoms with Gasteiger partial charge in [0.1, 0.15) is 5.67 Å². The van der Waals surface area contributed by atoms with Crippen LogP contribution < -0.4 is 9.47 Å². The Labute approximate surface area is 123 Å². The smallest absolute Gasteiger partial charge is 0.306 e. The number of ether oxygens (including phenoxy) is 2. The molecule has 21 heavy (non-hydrogen) atoms. The molecule has 1 aliphatic rings. The first-order valence-corrected chi connectivity index (χ1v) is 7.13. The summed E-state index contributed by atoms with van der Waals surface area (Å²) in [6.07, 6.45) is 1.03. The van der Waals surface area contributed by atoms with Crippen LogP contribution in [-0.4, -0.2) is 24.3 Å². The van der Waals surface area contributed by atoms with Gasteiger partial charge in [-0.3, -0.25) is 4.79 Å². The first kappa shape index (κ1) is 15.6. The molecule has 0 amide bonds. The Morgan fingerprint density at radius 3 is 2.43 bits per heavy atom. The summed E-state index contributed by atoms with van der Waals surface area (Å²) in [4.78, 5) is 11.1. The Morgan fingerprint density at radius 2 is 1.90 bits per heavy atom. The fourth-order valence-corrected chi connectivity index (χ4v) is 2.39. The number of benzene rings is 1. The number of fused-ring (bicyclic) bond motifs is 1. The van der Waals surface area contributed by atoms with Gasteiger partial charge in [0, 0.05) is 6.42 Å². The minimum Gasteiger partial charge on any atom is -0.490 e. The fourth-order valence-electron chi connectivity index (χ4n) is 2.39. The van der Waals surface area contributed by atoms with Crippen molar-refractivity contribution in [3.8, 4) is 11.5 Å². The molecule has 116 valence electrons. The van der Waals surface area contributed by atoms with E-state index in [1.54, 1.807) is 19.1 Å². The summed E-state index contributed by atoms with van der Waals surface area (Å²) in [5.74, 6) is -0.395. The Morgan fingerprint density at radius 1 is 1.33 bits per heavy atom. The molecule has 4 nitrogen and oxygen atoms in total. The van der Waals surface area contributed by atoms with E-state index in [2.05, 4.69) is 0 Å². The second-order valence-electron chi connectivity index (χ2n) is 5.92. The highest BCUT2D eigenvalue weighted by molar-refractivity contribution is 5.70. The largest absolute Gasteiger partial charge is 0.490 e. The molecule has 0 saturated carbocycles. The van der Waals surface area contributed by atoms with Gasteiger partial charge in [-0.15, -0.1) is 0 Å². The van der Waals surface area contributed by atoms with Crippen molar-refractivity contribution in [2.24, 2.45) is 5.92 Å². The monoisotopic (exact) mass is 296 g/mol. The van der Waals surface area contributed by atoms with Crippen molar-refractivity contribution in [3.63, 3.8) is 0 Å². The molecule has 0 radical (unpaired) electrons. The van der Waals surface area contributed by atoms with Crippen molar-refractivity contribution < 1.29 is 23.8 Å². The van der Waals surface area contributed by atoms with E-state index in [9.17, 15) is 9.18 Å². The van der Waals surface area contributed by atoms with E-state index >= 15 is 0 Å². The lowest BCUT2D eigenvalue weighted by atomic mass is 9.89. The van der Waals surface area contributed by atoms with E-state index in [1.807, 2.05) is 0 Å². The van der Waals surface area contributed by atoms with Gasteiger partial charge in [-0.2, -0.15) is 0 Å². The van der Waals surface area contributed by atoms with Crippen LogP contribution in [0, 0.1) is 5.92 Å². The van der Waals surface area contributed by atoms with Crippen molar-refractivity contribution in [2.45, 2.75) is 39.3 Å². The fraction of sp³-hybridized carbons (Fsp3) is 0.562. The number of hydrogen-bond donors (Lipinski definition) is 1. The Hall–Kier alpha value is -1.78. The van der Waals surface area contributed by atoms with Gasteiger partial charge in [-0.1, -0.05) is 6.92 Å². The van der Waals surface area contributed by atoms with Gasteiger partial charge in [0.25, 0.3) is 0 Å². The number of carboxylic acids is 1. The second kappa shape index (κ2) is 5.92. The standard InChI is InChI=1S/C16H21FO4/c1-10(15(18)19)7-11-8-13-14(21-6-4-5-20-13)9-12(11)16(2,3)17/h8-10H,4-7H2,1-3H3,(H,18,19). The van der Waals surface area contributed by atoms with Crippen LogP contribution in [0.25, 0.3) is 0 Å². The quantitative estimate of drug-likeness (QED) is 0.926. The van der Waals surface area contributed by atoms with Gasteiger partial charge >= 0.3 is 5.97 Å². The number of carboxylic acid groups (broad SMARTS) is 1. The Kier molecular flexibility index (Phi) is 4.40.